The predicted octanol–water partition coefficient (Wildman–Crippen LogP) is 2.27. The van der Waals surface area contributed by atoms with Crippen molar-refractivity contribution < 1.29 is 4.79 Å². The van der Waals surface area contributed by atoms with E-state index in [1.807, 2.05) is 24.5 Å². The maximum Gasteiger partial charge on any atom is 0.233 e. The lowest BCUT2D eigenvalue weighted by Crippen LogP contribution is -1.93. The molecule has 1 heteroatoms. The second-order valence-corrected chi connectivity index (χ2v) is 2.84. The van der Waals surface area contributed by atoms with Crippen molar-refractivity contribution >= 4 is 6.29 Å². The third kappa shape index (κ3) is 1.67. The van der Waals surface area contributed by atoms with E-state index in [0.29, 0.717) is 11.5 Å². The molecule has 0 aliphatic rings. The number of rotatable bonds is 2. The molecule has 1 radical (unpaired) electrons. The van der Waals surface area contributed by atoms with Gasteiger partial charge >= 0.3 is 0 Å². The molecule has 0 aliphatic carbocycles. The summed E-state index contributed by atoms with van der Waals surface area (Å²) in [6.45, 7) is 4.13. The molecule has 0 bridgehead atoms. The molecule has 1 rings (SSSR count). The molecule has 0 unspecified atom stereocenters. The van der Waals surface area contributed by atoms with Gasteiger partial charge in [-0.3, -0.25) is 4.79 Å². The maximum atomic E-state index is 10.4. The van der Waals surface area contributed by atoms with Gasteiger partial charge in [0.1, 0.15) is 0 Å². The van der Waals surface area contributed by atoms with Gasteiger partial charge in [0.2, 0.25) is 6.29 Å². The van der Waals surface area contributed by atoms with Crippen molar-refractivity contribution in [3.63, 3.8) is 0 Å². The van der Waals surface area contributed by atoms with Gasteiger partial charge in [-0.25, -0.2) is 0 Å². The van der Waals surface area contributed by atoms with Gasteiger partial charge in [-0.1, -0.05) is 38.1 Å². The van der Waals surface area contributed by atoms with Crippen LogP contribution in [0.2, 0.25) is 0 Å². The van der Waals surface area contributed by atoms with Crippen LogP contribution < -0.4 is 0 Å². The second-order valence-electron chi connectivity index (χ2n) is 2.84. The lowest BCUT2D eigenvalue weighted by molar-refractivity contribution is 0.562. The quantitative estimate of drug-likeness (QED) is 0.627. The molecule has 0 aromatic heterocycles. The van der Waals surface area contributed by atoms with Crippen LogP contribution in [0.3, 0.4) is 0 Å². The first-order valence-corrected chi connectivity index (χ1v) is 3.72. The van der Waals surface area contributed by atoms with Crippen LogP contribution in [0, 0.1) is 0 Å². The fourth-order valence-electron chi connectivity index (χ4n) is 1.09. The van der Waals surface area contributed by atoms with Crippen LogP contribution in [0.5, 0.6) is 0 Å². The highest BCUT2D eigenvalue weighted by Gasteiger charge is 2.03. The first kappa shape index (κ1) is 7.99. The average molecular weight is 147 g/mol. The highest BCUT2D eigenvalue weighted by atomic mass is 16.1. The van der Waals surface area contributed by atoms with Crippen molar-refractivity contribution in [2.24, 2.45) is 0 Å². The summed E-state index contributed by atoms with van der Waals surface area (Å²) in [6, 6.07) is 7.55. The summed E-state index contributed by atoms with van der Waals surface area (Å²) in [5.41, 5.74) is 1.75. The third-order valence-electron chi connectivity index (χ3n) is 1.69. The smallest absolute Gasteiger partial charge is 0.233 e. The average Bonchev–Trinajstić information content (AvgIpc) is 2.04. The molecular formula is C10H11O. The number of benzene rings is 1. The number of carbonyl (C=O) groups excluding carboxylic acids is 1. The van der Waals surface area contributed by atoms with E-state index < -0.39 is 0 Å². The molecule has 0 saturated heterocycles. The summed E-state index contributed by atoms with van der Waals surface area (Å²) in [7, 11) is 0. The Hall–Kier alpha value is -1.11. The van der Waals surface area contributed by atoms with E-state index in [0.717, 1.165) is 5.56 Å². The summed E-state index contributed by atoms with van der Waals surface area (Å²) in [5, 5.41) is 0. The summed E-state index contributed by atoms with van der Waals surface area (Å²) in [5.74, 6) is 0.396. The minimum atomic E-state index is 0.396. The third-order valence-corrected chi connectivity index (χ3v) is 1.69. The second kappa shape index (κ2) is 3.33. The topological polar surface area (TPSA) is 17.1 Å². The Morgan fingerprint density at radius 2 is 1.91 bits per heavy atom. The molecule has 0 saturated carbocycles. The lowest BCUT2D eigenvalue weighted by atomic mass is 9.98. The van der Waals surface area contributed by atoms with E-state index in [4.69, 9.17) is 0 Å². The van der Waals surface area contributed by atoms with Gasteiger partial charge < -0.3 is 0 Å². The van der Waals surface area contributed by atoms with Crippen LogP contribution in [0.1, 0.15) is 30.9 Å². The molecule has 57 valence electrons. The summed E-state index contributed by atoms with van der Waals surface area (Å²) in [6.07, 6.45) is 1.93. The molecule has 1 aromatic rings. The first-order chi connectivity index (χ1) is 5.25. The first-order valence-electron chi connectivity index (χ1n) is 3.72. The molecule has 1 nitrogen and oxygen atoms in total. The Bertz CT molecular complexity index is 251. The van der Waals surface area contributed by atoms with Gasteiger partial charge in [0.15, 0.2) is 0 Å². The Labute approximate surface area is 67.1 Å². The number of hydrogen-bond acceptors (Lipinski definition) is 1. The predicted molar refractivity (Wildman–Crippen MR) is 45.3 cm³/mol. The molecule has 0 atom stereocenters. The van der Waals surface area contributed by atoms with Gasteiger partial charge in [0, 0.05) is 5.56 Å². The van der Waals surface area contributed by atoms with Crippen LogP contribution in [-0.4, -0.2) is 6.29 Å². The van der Waals surface area contributed by atoms with E-state index in [1.54, 1.807) is 6.07 Å². The van der Waals surface area contributed by atoms with Gasteiger partial charge in [-0.15, -0.1) is 0 Å². The Kier molecular flexibility index (Phi) is 2.42. The van der Waals surface area contributed by atoms with Crippen molar-refractivity contribution in [3.05, 3.63) is 35.4 Å². The van der Waals surface area contributed by atoms with E-state index in [-0.39, 0.29) is 0 Å². The molecule has 0 fully saturated rings. The summed E-state index contributed by atoms with van der Waals surface area (Å²) < 4.78 is 0. The van der Waals surface area contributed by atoms with Crippen molar-refractivity contribution in [2.45, 2.75) is 19.8 Å². The highest BCUT2D eigenvalue weighted by molar-refractivity contribution is 5.77. The summed E-state index contributed by atoms with van der Waals surface area (Å²) in [4.78, 5) is 10.4. The molecule has 0 heterocycles. The van der Waals surface area contributed by atoms with E-state index in [2.05, 4.69) is 13.8 Å². The van der Waals surface area contributed by atoms with E-state index >= 15 is 0 Å². The minimum absolute atomic E-state index is 0.396. The zero-order chi connectivity index (χ0) is 8.27. The van der Waals surface area contributed by atoms with Crippen LogP contribution in [0.25, 0.3) is 0 Å². The minimum Gasteiger partial charge on any atom is -0.285 e. The van der Waals surface area contributed by atoms with Gasteiger partial charge in [-0.05, 0) is 11.5 Å². The summed E-state index contributed by atoms with van der Waals surface area (Å²) >= 11 is 0. The fourth-order valence-corrected chi connectivity index (χ4v) is 1.09. The largest absolute Gasteiger partial charge is 0.285 e. The van der Waals surface area contributed by atoms with Crippen LogP contribution in [-0.2, 0) is 4.79 Å². The van der Waals surface area contributed by atoms with Crippen LogP contribution in [0.15, 0.2) is 24.3 Å². The Morgan fingerprint density at radius 1 is 1.27 bits per heavy atom. The van der Waals surface area contributed by atoms with Crippen molar-refractivity contribution in [1.29, 1.82) is 0 Å². The van der Waals surface area contributed by atoms with Crippen LogP contribution >= 0.6 is 0 Å². The van der Waals surface area contributed by atoms with Crippen molar-refractivity contribution in [2.75, 3.05) is 0 Å². The SMILES string of the molecule is CC(C)c1ccccc1[C]=O. The number of hydrogen-bond donors (Lipinski definition) is 0. The zero-order valence-electron chi connectivity index (χ0n) is 6.79. The Morgan fingerprint density at radius 3 is 2.36 bits per heavy atom. The van der Waals surface area contributed by atoms with E-state index in [9.17, 15) is 4.79 Å². The molecule has 0 N–H and O–H groups in total. The standard InChI is InChI=1S/C10H11O/c1-8(2)10-6-4-3-5-9(10)7-11/h3-6,8H,1-2H3. The van der Waals surface area contributed by atoms with Gasteiger partial charge in [0.25, 0.3) is 0 Å². The molecular weight excluding hydrogens is 136 g/mol. The van der Waals surface area contributed by atoms with Crippen molar-refractivity contribution in [1.82, 2.24) is 0 Å². The molecule has 0 spiro atoms. The van der Waals surface area contributed by atoms with Crippen molar-refractivity contribution in [3.8, 4) is 0 Å². The molecule has 0 aliphatic heterocycles. The highest BCUT2D eigenvalue weighted by Crippen LogP contribution is 2.16. The molecule has 1 aromatic carbocycles. The van der Waals surface area contributed by atoms with Gasteiger partial charge in [0.05, 0.1) is 0 Å². The van der Waals surface area contributed by atoms with Crippen LogP contribution in [0.4, 0.5) is 0 Å². The normalized spacial score (nSPS) is 10.1. The lowest BCUT2D eigenvalue weighted by Gasteiger charge is -2.06. The zero-order valence-corrected chi connectivity index (χ0v) is 6.79. The van der Waals surface area contributed by atoms with Gasteiger partial charge in [-0.2, -0.15) is 0 Å². The maximum absolute atomic E-state index is 10.4. The fraction of sp³-hybridized carbons (Fsp3) is 0.300. The molecule has 0 amide bonds. The monoisotopic (exact) mass is 147 g/mol. The molecule has 11 heavy (non-hydrogen) atoms. The Balaban J connectivity index is 3.12. The van der Waals surface area contributed by atoms with E-state index in [1.165, 1.54) is 0 Å².